The third-order valence-electron chi connectivity index (χ3n) is 6.75. The molecule has 0 saturated heterocycles. The molecule has 0 unspecified atom stereocenters. The molecule has 0 radical (unpaired) electrons. The van der Waals surface area contributed by atoms with E-state index in [1.165, 1.54) is 148 Å². The Hall–Kier alpha value is -0.530. The number of unbranched alkanes of at least 4 members (excludes halogenated alkanes) is 23. The highest BCUT2D eigenvalue weighted by atomic mass is 16.5. The van der Waals surface area contributed by atoms with Crippen molar-refractivity contribution in [2.45, 2.75) is 181 Å². The molecular formula is C30H60O2. The van der Waals surface area contributed by atoms with Crippen molar-refractivity contribution in [2.75, 3.05) is 6.61 Å². The van der Waals surface area contributed by atoms with Gasteiger partial charge < -0.3 is 4.74 Å². The Kier molecular flexibility index (Phi) is 28.0. The van der Waals surface area contributed by atoms with Crippen molar-refractivity contribution in [1.82, 2.24) is 0 Å². The van der Waals surface area contributed by atoms with Gasteiger partial charge in [-0.15, -0.1) is 0 Å². The van der Waals surface area contributed by atoms with E-state index in [1.54, 1.807) is 0 Å². The first-order valence-electron chi connectivity index (χ1n) is 15.0. The number of ether oxygens (including phenoxy) is 1. The van der Waals surface area contributed by atoms with E-state index < -0.39 is 0 Å². The molecule has 0 aliphatic carbocycles. The van der Waals surface area contributed by atoms with E-state index in [4.69, 9.17) is 4.74 Å². The van der Waals surface area contributed by atoms with Gasteiger partial charge in [0, 0.05) is 6.42 Å². The van der Waals surface area contributed by atoms with E-state index in [2.05, 4.69) is 13.8 Å². The van der Waals surface area contributed by atoms with Crippen molar-refractivity contribution in [1.29, 1.82) is 0 Å². The van der Waals surface area contributed by atoms with E-state index in [0.717, 1.165) is 12.8 Å². The zero-order valence-corrected chi connectivity index (χ0v) is 22.4. The van der Waals surface area contributed by atoms with Gasteiger partial charge in [0.2, 0.25) is 0 Å². The van der Waals surface area contributed by atoms with Gasteiger partial charge in [0.25, 0.3) is 0 Å². The average molecular weight is 453 g/mol. The number of hydrogen-bond donors (Lipinski definition) is 0. The summed E-state index contributed by atoms with van der Waals surface area (Å²) in [5.41, 5.74) is 0. The van der Waals surface area contributed by atoms with Crippen LogP contribution in [0.2, 0.25) is 0 Å². The van der Waals surface area contributed by atoms with Crippen molar-refractivity contribution < 1.29 is 9.53 Å². The van der Waals surface area contributed by atoms with Crippen LogP contribution in [0.4, 0.5) is 0 Å². The summed E-state index contributed by atoms with van der Waals surface area (Å²) in [5, 5.41) is 0. The number of hydrogen-bond acceptors (Lipinski definition) is 2. The maximum Gasteiger partial charge on any atom is 0.305 e. The van der Waals surface area contributed by atoms with Crippen molar-refractivity contribution in [2.24, 2.45) is 0 Å². The van der Waals surface area contributed by atoms with Gasteiger partial charge in [0.05, 0.1) is 6.61 Å². The van der Waals surface area contributed by atoms with Crippen LogP contribution < -0.4 is 0 Å². The largest absolute Gasteiger partial charge is 0.466 e. The Bertz CT molecular complexity index is 353. The third kappa shape index (κ3) is 27.5. The molecule has 0 aliphatic heterocycles. The van der Waals surface area contributed by atoms with Crippen LogP contribution in [0.25, 0.3) is 0 Å². The summed E-state index contributed by atoms with van der Waals surface area (Å²) < 4.78 is 5.32. The molecule has 0 aromatic carbocycles. The summed E-state index contributed by atoms with van der Waals surface area (Å²) in [6.07, 6.45) is 34.5. The molecule has 2 nitrogen and oxygen atoms in total. The highest BCUT2D eigenvalue weighted by molar-refractivity contribution is 5.69. The van der Waals surface area contributed by atoms with Gasteiger partial charge in [-0.05, 0) is 12.8 Å². The Morgan fingerprint density at radius 2 is 0.688 bits per heavy atom. The lowest BCUT2D eigenvalue weighted by Crippen LogP contribution is -2.05. The Morgan fingerprint density at radius 3 is 1.03 bits per heavy atom. The maximum absolute atomic E-state index is 11.7. The van der Waals surface area contributed by atoms with E-state index in [1.807, 2.05) is 0 Å². The highest BCUT2D eigenvalue weighted by Gasteiger charge is 2.02. The van der Waals surface area contributed by atoms with Gasteiger partial charge >= 0.3 is 5.97 Å². The van der Waals surface area contributed by atoms with Gasteiger partial charge in [0.1, 0.15) is 0 Å². The van der Waals surface area contributed by atoms with Crippen molar-refractivity contribution in [3.8, 4) is 0 Å². The molecule has 2 heteroatoms. The van der Waals surface area contributed by atoms with E-state index in [0.29, 0.717) is 13.0 Å². The lowest BCUT2D eigenvalue weighted by atomic mass is 10.0. The zero-order valence-electron chi connectivity index (χ0n) is 22.4. The smallest absolute Gasteiger partial charge is 0.305 e. The molecule has 0 fully saturated rings. The number of carbonyl (C=O) groups excluding carboxylic acids is 1. The summed E-state index contributed by atoms with van der Waals surface area (Å²) in [7, 11) is 0. The molecule has 32 heavy (non-hydrogen) atoms. The van der Waals surface area contributed by atoms with E-state index in [-0.39, 0.29) is 5.97 Å². The van der Waals surface area contributed by atoms with Gasteiger partial charge in [0.15, 0.2) is 0 Å². The predicted molar refractivity (Wildman–Crippen MR) is 142 cm³/mol. The Labute approximate surface area is 203 Å². The first-order valence-corrected chi connectivity index (χ1v) is 15.0. The molecule has 0 heterocycles. The number of carbonyl (C=O) groups is 1. The number of esters is 1. The van der Waals surface area contributed by atoms with Crippen LogP contribution in [-0.4, -0.2) is 12.6 Å². The van der Waals surface area contributed by atoms with Crippen LogP contribution in [0.15, 0.2) is 0 Å². The first-order chi connectivity index (χ1) is 15.8. The van der Waals surface area contributed by atoms with Crippen molar-refractivity contribution >= 4 is 5.97 Å². The number of rotatable bonds is 27. The first kappa shape index (κ1) is 31.5. The second-order valence-corrected chi connectivity index (χ2v) is 10.1. The summed E-state index contributed by atoms with van der Waals surface area (Å²) in [6.45, 7) is 5.14. The van der Waals surface area contributed by atoms with Crippen molar-refractivity contribution in [3.05, 3.63) is 0 Å². The molecule has 0 aromatic rings. The van der Waals surface area contributed by atoms with Crippen LogP contribution in [0.5, 0.6) is 0 Å². The predicted octanol–water partition coefficient (Wildman–Crippen LogP) is 10.7. The SMILES string of the molecule is CCCCCCCCCCCCCCCCCCCCCCC(=O)OCCCCCCC. The van der Waals surface area contributed by atoms with Gasteiger partial charge in [-0.1, -0.05) is 162 Å². The molecule has 0 bridgehead atoms. The normalized spacial score (nSPS) is 11.2. The van der Waals surface area contributed by atoms with Crippen LogP contribution in [-0.2, 0) is 9.53 Å². The third-order valence-corrected chi connectivity index (χ3v) is 6.75. The molecule has 0 rings (SSSR count). The Balaban J connectivity index is 3.09. The lowest BCUT2D eigenvalue weighted by molar-refractivity contribution is -0.143. The average Bonchev–Trinajstić information content (AvgIpc) is 2.80. The summed E-state index contributed by atoms with van der Waals surface area (Å²) in [6, 6.07) is 0. The van der Waals surface area contributed by atoms with Gasteiger partial charge in [-0.2, -0.15) is 0 Å². The van der Waals surface area contributed by atoms with Crippen LogP contribution in [0.3, 0.4) is 0 Å². The molecule has 0 aromatic heterocycles. The maximum atomic E-state index is 11.7. The minimum absolute atomic E-state index is 0.0166. The molecule has 0 spiro atoms. The standard InChI is InChI=1S/C30H60O2/c1-3-5-7-9-10-11-12-13-14-15-16-17-18-19-20-21-22-23-24-26-28-30(31)32-29-27-25-8-6-4-2/h3-29H2,1-2H3. The molecule has 0 amide bonds. The fourth-order valence-corrected chi connectivity index (χ4v) is 4.49. The fraction of sp³-hybridized carbons (Fsp3) is 0.967. The topological polar surface area (TPSA) is 26.3 Å². The second kappa shape index (κ2) is 28.5. The monoisotopic (exact) mass is 452 g/mol. The molecular weight excluding hydrogens is 392 g/mol. The minimum Gasteiger partial charge on any atom is -0.466 e. The van der Waals surface area contributed by atoms with Crippen molar-refractivity contribution in [3.63, 3.8) is 0 Å². The fourth-order valence-electron chi connectivity index (χ4n) is 4.49. The van der Waals surface area contributed by atoms with E-state index >= 15 is 0 Å². The molecule has 0 aliphatic rings. The second-order valence-electron chi connectivity index (χ2n) is 10.1. The van der Waals surface area contributed by atoms with Crippen LogP contribution >= 0.6 is 0 Å². The quantitative estimate of drug-likeness (QED) is 0.0914. The van der Waals surface area contributed by atoms with E-state index in [9.17, 15) is 4.79 Å². The van der Waals surface area contributed by atoms with Crippen LogP contribution in [0, 0.1) is 0 Å². The summed E-state index contributed by atoms with van der Waals surface area (Å²) in [5.74, 6) is 0.0166. The van der Waals surface area contributed by atoms with Crippen LogP contribution in [0.1, 0.15) is 181 Å². The van der Waals surface area contributed by atoms with Gasteiger partial charge in [-0.3, -0.25) is 4.79 Å². The lowest BCUT2D eigenvalue weighted by Gasteiger charge is -2.05. The summed E-state index contributed by atoms with van der Waals surface area (Å²) >= 11 is 0. The highest BCUT2D eigenvalue weighted by Crippen LogP contribution is 2.15. The molecule has 0 atom stereocenters. The summed E-state index contributed by atoms with van der Waals surface area (Å²) in [4.78, 5) is 11.7. The minimum atomic E-state index is 0.0166. The van der Waals surface area contributed by atoms with Gasteiger partial charge in [-0.25, -0.2) is 0 Å². The molecule has 192 valence electrons. The zero-order chi connectivity index (χ0) is 23.4. The molecule has 0 saturated carbocycles. The Morgan fingerprint density at radius 1 is 0.406 bits per heavy atom. The molecule has 0 N–H and O–H groups in total.